The molecule has 202 valence electrons. The highest BCUT2D eigenvalue weighted by Crippen LogP contribution is 2.37. The first-order valence-corrected chi connectivity index (χ1v) is 13.1. The molecule has 0 radical (unpaired) electrons. The molecule has 0 aromatic carbocycles. The molecule has 1 saturated carbocycles. The van der Waals surface area contributed by atoms with E-state index in [1.54, 1.807) is 19.1 Å². The maximum Gasteiger partial charge on any atom is 0.270 e. The summed E-state index contributed by atoms with van der Waals surface area (Å²) in [6, 6.07) is 0.0447. The molecule has 0 unspecified atom stereocenters. The number of aromatic hydroxyl groups is 1. The maximum atomic E-state index is 13.5. The van der Waals surface area contributed by atoms with E-state index in [1.165, 1.54) is 9.08 Å². The number of aromatic nitrogens is 3. The third-order valence-corrected chi connectivity index (χ3v) is 7.70. The second-order valence-electron chi connectivity index (χ2n) is 10.9. The Morgan fingerprint density at radius 2 is 1.95 bits per heavy atom. The zero-order valence-electron chi connectivity index (χ0n) is 21.7. The Bertz CT molecular complexity index is 1290. The van der Waals surface area contributed by atoms with Crippen molar-refractivity contribution in [2.75, 3.05) is 19.6 Å². The Balaban J connectivity index is 0.00000320. The average Bonchev–Trinajstić information content (AvgIpc) is 3.46. The Morgan fingerprint density at radius 3 is 2.59 bits per heavy atom. The molecule has 4 heterocycles. The van der Waals surface area contributed by atoms with E-state index in [9.17, 15) is 19.5 Å². The summed E-state index contributed by atoms with van der Waals surface area (Å²) < 4.78 is 2.76. The number of piperidine rings is 1. The predicted molar refractivity (Wildman–Crippen MR) is 143 cm³/mol. The molecule has 2 aliphatic heterocycles. The van der Waals surface area contributed by atoms with Crippen LogP contribution < -0.4 is 16.2 Å². The predicted octanol–water partition coefficient (Wildman–Crippen LogP) is 2.24. The van der Waals surface area contributed by atoms with Crippen LogP contribution in [0.15, 0.2) is 10.9 Å². The monoisotopic (exact) mass is 532 g/mol. The molecular formula is C26H37ClN6O4. The molecule has 5 rings (SSSR count). The van der Waals surface area contributed by atoms with E-state index < -0.39 is 17.3 Å². The molecule has 10 nitrogen and oxygen atoms in total. The summed E-state index contributed by atoms with van der Waals surface area (Å²) in [5, 5.41) is 21.6. The number of hydrogen-bond acceptors (Lipinski definition) is 6. The number of carbonyl (C=O) groups is 2. The zero-order valence-corrected chi connectivity index (χ0v) is 22.6. The lowest BCUT2D eigenvalue weighted by Gasteiger charge is -2.41. The summed E-state index contributed by atoms with van der Waals surface area (Å²) >= 11 is 0. The first kappa shape index (κ1) is 27.2. The summed E-state index contributed by atoms with van der Waals surface area (Å²) in [6.07, 6.45) is 8.94. The first-order chi connectivity index (χ1) is 17.2. The van der Waals surface area contributed by atoms with E-state index in [0.717, 1.165) is 58.2 Å². The van der Waals surface area contributed by atoms with E-state index in [2.05, 4.69) is 15.7 Å². The van der Waals surface area contributed by atoms with Gasteiger partial charge in [0.05, 0.1) is 5.69 Å². The molecule has 0 atom stereocenters. The highest BCUT2D eigenvalue weighted by atomic mass is 35.5. The standard InChI is InChI=1S/C26H36N6O4.ClH/c1-16(2)15-30-23-19(7-8-20(33)31-14-4-9-26(31)10-12-27-13-11-26)17(3)29-32(23)25(36)21(24(30)35)22(34)28-18-5-6-18;/h7-8,16,18,27,36H,4-6,9-15H2,1-3H3,(H,28,34);1H. The van der Waals surface area contributed by atoms with Crippen LogP contribution in [0, 0.1) is 12.8 Å². The molecular weight excluding hydrogens is 496 g/mol. The highest BCUT2D eigenvalue weighted by Gasteiger charge is 2.43. The second kappa shape index (κ2) is 10.5. The molecule has 2 saturated heterocycles. The molecule has 1 spiro atoms. The van der Waals surface area contributed by atoms with Gasteiger partial charge in [-0.3, -0.25) is 19.0 Å². The van der Waals surface area contributed by atoms with Crippen LogP contribution in [-0.2, 0) is 11.3 Å². The van der Waals surface area contributed by atoms with Crippen molar-refractivity contribution in [2.45, 2.75) is 77.4 Å². The van der Waals surface area contributed by atoms with Crippen LogP contribution in [0.5, 0.6) is 5.88 Å². The van der Waals surface area contributed by atoms with Gasteiger partial charge >= 0.3 is 0 Å². The minimum Gasteiger partial charge on any atom is -0.492 e. The van der Waals surface area contributed by atoms with Gasteiger partial charge in [-0.25, -0.2) is 0 Å². The van der Waals surface area contributed by atoms with E-state index in [1.807, 2.05) is 18.7 Å². The molecule has 1 aliphatic carbocycles. The number of rotatable bonds is 6. The second-order valence-corrected chi connectivity index (χ2v) is 10.9. The smallest absolute Gasteiger partial charge is 0.270 e. The summed E-state index contributed by atoms with van der Waals surface area (Å²) in [6.45, 7) is 8.65. The van der Waals surface area contributed by atoms with Gasteiger partial charge in [0, 0.05) is 36.3 Å². The van der Waals surface area contributed by atoms with Crippen LogP contribution in [-0.4, -0.2) is 67.2 Å². The molecule has 3 aliphatic rings. The summed E-state index contributed by atoms with van der Waals surface area (Å²) in [5.74, 6) is -0.999. The van der Waals surface area contributed by atoms with Crippen molar-refractivity contribution >= 4 is 35.9 Å². The van der Waals surface area contributed by atoms with Gasteiger partial charge < -0.3 is 20.6 Å². The maximum absolute atomic E-state index is 13.5. The lowest BCUT2D eigenvalue weighted by atomic mass is 9.85. The van der Waals surface area contributed by atoms with Crippen molar-refractivity contribution in [1.82, 2.24) is 29.7 Å². The topological polar surface area (TPSA) is 121 Å². The van der Waals surface area contributed by atoms with E-state index in [-0.39, 0.29) is 41.4 Å². The van der Waals surface area contributed by atoms with Crippen molar-refractivity contribution in [2.24, 2.45) is 5.92 Å². The number of amides is 2. The quantitative estimate of drug-likeness (QED) is 0.491. The Kier molecular flexibility index (Phi) is 7.71. The van der Waals surface area contributed by atoms with Gasteiger partial charge in [0.2, 0.25) is 11.8 Å². The number of fused-ring (bicyclic) bond motifs is 1. The van der Waals surface area contributed by atoms with Crippen LogP contribution in [0.25, 0.3) is 11.7 Å². The molecule has 2 aromatic rings. The average molecular weight is 533 g/mol. The third-order valence-electron chi connectivity index (χ3n) is 7.70. The van der Waals surface area contributed by atoms with Crippen LogP contribution in [0.3, 0.4) is 0 Å². The summed E-state index contributed by atoms with van der Waals surface area (Å²) in [4.78, 5) is 41.6. The van der Waals surface area contributed by atoms with Gasteiger partial charge in [-0.2, -0.15) is 9.61 Å². The van der Waals surface area contributed by atoms with Gasteiger partial charge in [0.25, 0.3) is 11.5 Å². The Hall–Kier alpha value is -2.85. The molecule has 37 heavy (non-hydrogen) atoms. The van der Waals surface area contributed by atoms with Crippen molar-refractivity contribution in [3.05, 3.63) is 33.3 Å². The number of carbonyl (C=O) groups excluding carboxylic acids is 2. The van der Waals surface area contributed by atoms with E-state index >= 15 is 0 Å². The number of nitrogens with one attached hydrogen (secondary N) is 2. The van der Waals surface area contributed by atoms with Gasteiger partial charge in [0.15, 0.2) is 5.56 Å². The molecule has 11 heteroatoms. The number of hydrogen-bond donors (Lipinski definition) is 3. The Morgan fingerprint density at radius 1 is 1.24 bits per heavy atom. The van der Waals surface area contributed by atoms with Crippen LogP contribution in [0.4, 0.5) is 0 Å². The SMILES string of the molecule is Cc1nn2c(O)c(C(=O)NC3CC3)c(=O)n(CC(C)C)c2c1C=CC(=O)N1CCCC12CCNCC2.Cl. The minimum absolute atomic E-state index is 0. The fraction of sp³-hybridized carbons (Fsp3) is 0.615. The van der Waals surface area contributed by atoms with Gasteiger partial charge in [-0.15, -0.1) is 12.4 Å². The summed E-state index contributed by atoms with van der Waals surface area (Å²) in [5.41, 5.74) is 0.599. The first-order valence-electron chi connectivity index (χ1n) is 13.1. The number of halogens is 1. The van der Waals surface area contributed by atoms with Gasteiger partial charge in [0.1, 0.15) is 5.65 Å². The lowest BCUT2D eigenvalue weighted by molar-refractivity contribution is -0.130. The Labute approximate surface area is 222 Å². The third kappa shape index (κ3) is 5.01. The molecule has 3 N–H and O–H groups in total. The minimum atomic E-state index is -0.582. The fourth-order valence-corrected chi connectivity index (χ4v) is 5.72. The normalized spacial score (nSPS) is 19.2. The summed E-state index contributed by atoms with van der Waals surface area (Å²) in [7, 11) is 0. The van der Waals surface area contributed by atoms with Crippen molar-refractivity contribution in [1.29, 1.82) is 0 Å². The van der Waals surface area contributed by atoms with Crippen LogP contribution in [0.2, 0.25) is 0 Å². The van der Waals surface area contributed by atoms with E-state index in [0.29, 0.717) is 23.4 Å². The highest BCUT2D eigenvalue weighted by molar-refractivity contribution is 5.97. The van der Waals surface area contributed by atoms with Crippen LogP contribution >= 0.6 is 12.4 Å². The number of nitrogens with zero attached hydrogens (tertiary/aromatic N) is 4. The number of likely N-dealkylation sites (tertiary alicyclic amines) is 1. The molecule has 2 aromatic heterocycles. The van der Waals surface area contributed by atoms with E-state index in [4.69, 9.17) is 0 Å². The lowest BCUT2D eigenvalue weighted by Crippen LogP contribution is -2.52. The van der Waals surface area contributed by atoms with Crippen molar-refractivity contribution in [3.63, 3.8) is 0 Å². The largest absolute Gasteiger partial charge is 0.492 e. The fourth-order valence-electron chi connectivity index (χ4n) is 5.72. The number of aryl methyl sites for hydroxylation is 1. The van der Waals surface area contributed by atoms with Crippen LogP contribution in [0.1, 0.15) is 74.0 Å². The molecule has 3 fully saturated rings. The molecule has 2 amide bonds. The van der Waals surface area contributed by atoms with Gasteiger partial charge in [-0.1, -0.05) is 13.8 Å². The zero-order chi connectivity index (χ0) is 25.6. The van der Waals surface area contributed by atoms with Crippen molar-refractivity contribution in [3.8, 4) is 5.88 Å². The van der Waals surface area contributed by atoms with Crippen molar-refractivity contribution < 1.29 is 14.7 Å². The van der Waals surface area contributed by atoms with Gasteiger partial charge in [-0.05, 0) is 70.5 Å². The molecule has 0 bridgehead atoms.